The molecule has 174 valence electrons. The third kappa shape index (κ3) is 4.73. The molecule has 3 aromatic rings. The topological polar surface area (TPSA) is 116 Å². The van der Waals surface area contributed by atoms with Crippen LogP contribution in [0.3, 0.4) is 0 Å². The van der Waals surface area contributed by atoms with Gasteiger partial charge in [0.25, 0.3) is 11.5 Å². The molecule has 33 heavy (non-hydrogen) atoms. The second-order valence-corrected chi connectivity index (χ2v) is 7.95. The molecule has 2 aromatic heterocycles. The fourth-order valence-electron chi connectivity index (χ4n) is 3.72. The number of nitrogens with zero attached hydrogens (tertiary/aromatic N) is 3. The number of hydrogen-bond donors (Lipinski definition) is 2. The second kappa shape index (κ2) is 8.34. The highest BCUT2D eigenvalue weighted by molar-refractivity contribution is 5.91. The molecule has 1 atom stereocenters. The number of alkyl halides is 3. The number of aromatic nitrogens is 4. The number of nitrogens with two attached hydrogens (primary N) is 1. The highest BCUT2D eigenvalue weighted by atomic mass is 19.4. The van der Waals surface area contributed by atoms with Crippen molar-refractivity contribution in [2.45, 2.75) is 37.9 Å². The second-order valence-electron chi connectivity index (χ2n) is 7.95. The number of aromatic amines is 1. The molecule has 1 aliphatic rings. The smallest absolute Gasteiger partial charge is 0.364 e. The third-order valence-electron chi connectivity index (χ3n) is 5.57. The Labute approximate surface area is 183 Å². The van der Waals surface area contributed by atoms with Gasteiger partial charge in [0.15, 0.2) is 5.69 Å². The third-order valence-corrected chi connectivity index (χ3v) is 5.57. The van der Waals surface area contributed by atoms with Crippen molar-refractivity contribution in [1.82, 2.24) is 19.3 Å². The summed E-state index contributed by atoms with van der Waals surface area (Å²) >= 11 is 0. The van der Waals surface area contributed by atoms with Crippen molar-refractivity contribution in [1.29, 1.82) is 0 Å². The number of amides is 1. The normalized spacial score (nSPS) is 14.9. The van der Waals surface area contributed by atoms with Crippen molar-refractivity contribution in [3.63, 3.8) is 0 Å². The predicted octanol–water partition coefficient (Wildman–Crippen LogP) is 2.76. The highest BCUT2D eigenvalue weighted by Crippen LogP contribution is 2.37. The molecule has 1 amide bonds. The lowest BCUT2D eigenvalue weighted by molar-refractivity contribution is -0.141. The Balaban J connectivity index is 1.83. The summed E-state index contributed by atoms with van der Waals surface area (Å²) in [4.78, 5) is 37.8. The summed E-state index contributed by atoms with van der Waals surface area (Å²) in [5.74, 6) is -1.66. The molecule has 0 saturated heterocycles. The fourth-order valence-corrected chi connectivity index (χ4v) is 3.72. The molecular formula is C21H19F4N5O3. The summed E-state index contributed by atoms with van der Waals surface area (Å²) in [6.45, 7) is 0. The number of carbonyl (C=O) groups excluding carboxylic acids is 1. The van der Waals surface area contributed by atoms with E-state index in [9.17, 15) is 31.9 Å². The van der Waals surface area contributed by atoms with Gasteiger partial charge in [-0.25, -0.2) is 13.9 Å². The van der Waals surface area contributed by atoms with E-state index in [1.54, 1.807) is 0 Å². The quantitative estimate of drug-likeness (QED) is 0.522. The number of H-pyrrole nitrogens is 1. The molecule has 0 aliphatic heterocycles. The fraction of sp³-hybridized carbons (Fsp3) is 0.333. The van der Waals surface area contributed by atoms with Crippen molar-refractivity contribution in [2.75, 3.05) is 0 Å². The van der Waals surface area contributed by atoms with E-state index in [2.05, 4.69) is 10.1 Å². The zero-order valence-corrected chi connectivity index (χ0v) is 17.1. The first-order chi connectivity index (χ1) is 15.5. The Bertz CT molecular complexity index is 1320. The van der Waals surface area contributed by atoms with Gasteiger partial charge >= 0.3 is 11.9 Å². The lowest BCUT2D eigenvalue weighted by atomic mass is 9.99. The molecule has 1 unspecified atom stereocenters. The number of primary amides is 1. The molecule has 2 heterocycles. The zero-order valence-electron chi connectivity index (χ0n) is 17.1. The lowest BCUT2D eigenvalue weighted by Gasteiger charge is -2.21. The first-order valence-corrected chi connectivity index (χ1v) is 10.1. The maximum Gasteiger partial charge on any atom is 0.435 e. The van der Waals surface area contributed by atoms with Crippen LogP contribution >= 0.6 is 0 Å². The summed E-state index contributed by atoms with van der Waals surface area (Å²) in [5.41, 5.74) is 1.86. The van der Waals surface area contributed by atoms with Gasteiger partial charge in [-0.3, -0.25) is 19.1 Å². The Kier molecular flexibility index (Phi) is 5.68. The number of rotatable bonds is 7. The minimum absolute atomic E-state index is 0.390. The van der Waals surface area contributed by atoms with Gasteiger partial charge in [-0.15, -0.1) is 0 Å². The first kappa shape index (κ1) is 22.5. The van der Waals surface area contributed by atoms with Crippen LogP contribution in [0.2, 0.25) is 0 Å². The minimum atomic E-state index is -4.88. The van der Waals surface area contributed by atoms with Crippen LogP contribution in [-0.2, 0) is 6.18 Å². The molecule has 1 aromatic carbocycles. The Hall–Kier alpha value is -3.70. The molecule has 3 N–H and O–H groups in total. The molecule has 0 bridgehead atoms. The Morgan fingerprint density at radius 3 is 2.55 bits per heavy atom. The molecule has 0 spiro atoms. The summed E-state index contributed by atoms with van der Waals surface area (Å²) in [5, 5.41) is 3.36. The van der Waals surface area contributed by atoms with Crippen LogP contribution in [0.5, 0.6) is 0 Å². The lowest BCUT2D eigenvalue weighted by Crippen LogP contribution is -2.32. The van der Waals surface area contributed by atoms with Crippen LogP contribution in [0, 0.1) is 11.7 Å². The number of benzene rings is 1. The van der Waals surface area contributed by atoms with Gasteiger partial charge < -0.3 is 5.73 Å². The molecule has 12 heteroatoms. The van der Waals surface area contributed by atoms with Crippen molar-refractivity contribution in [2.24, 2.45) is 11.7 Å². The number of hydrogen-bond acceptors (Lipinski definition) is 4. The van der Waals surface area contributed by atoms with Gasteiger partial charge in [0.1, 0.15) is 17.2 Å². The van der Waals surface area contributed by atoms with E-state index in [1.807, 2.05) is 0 Å². The van der Waals surface area contributed by atoms with Gasteiger partial charge in [0.2, 0.25) is 0 Å². The van der Waals surface area contributed by atoms with Crippen LogP contribution < -0.4 is 17.0 Å². The average Bonchev–Trinajstić information content (AvgIpc) is 3.44. The van der Waals surface area contributed by atoms with E-state index in [4.69, 9.17) is 5.73 Å². The molecule has 8 nitrogen and oxygen atoms in total. The summed E-state index contributed by atoms with van der Waals surface area (Å²) in [6.07, 6.45) is -0.229. The molecular weight excluding hydrogens is 446 g/mol. The molecule has 1 aliphatic carbocycles. The molecule has 1 fully saturated rings. The molecule has 0 radical (unpaired) electrons. The van der Waals surface area contributed by atoms with Gasteiger partial charge in [-0.1, -0.05) is 18.9 Å². The summed E-state index contributed by atoms with van der Waals surface area (Å²) < 4.78 is 56.0. The standard InChI is InChI=1S/C21H19F4N5O3/c22-13-5-4-12(9-15(13)30-16(19(26)32)10-17(28-30)21(23,24)25)14(6-3-11-1-2-11)29-8-7-18(31)27-20(29)33/h4-5,7-11,14H,1-3,6H2,(H2,26,32)(H,27,31,33). The predicted molar refractivity (Wildman–Crippen MR) is 108 cm³/mol. The zero-order chi connectivity index (χ0) is 23.9. The van der Waals surface area contributed by atoms with E-state index in [1.165, 1.54) is 29.0 Å². The number of carbonyl (C=O) groups is 1. The van der Waals surface area contributed by atoms with Gasteiger partial charge in [-0.2, -0.15) is 18.3 Å². The van der Waals surface area contributed by atoms with Crippen LogP contribution in [-0.4, -0.2) is 25.2 Å². The summed E-state index contributed by atoms with van der Waals surface area (Å²) in [6, 6.07) is 4.63. The highest BCUT2D eigenvalue weighted by Gasteiger charge is 2.36. The maximum absolute atomic E-state index is 14.7. The van der Waals surface area contributed by atoms with E-state index in [-0.39, 0.29) is 0 Å². The van der Waals surface area contributed by atoms with Gasteiger partial charge in [0, 0.05) is 18.3 Å². The Morgan fingerprint density at radius 1 is 1.21 bits per heavy atom. The minimum Gasteiger partial charge on any atom is -0.364 e. The van der Waals surface area contributed by atoms with Crippen molar-refractivity contribution in [3.8, 4) is 5.69 Å². The van der Waals surface area contributed by atoms with Crippen LogP contribution in [0.4, 0.5) is 17.6 Å². The largest absolute Gasteiger partial charge is 0.435 e. The van der Waals surface area contributed by atoms with Gasteiger partial charge in [-0.05, 0) is 36.5 Å². The SMILES string of the molecule is NC(=O)c1cc(C(F)(F)F)nn1-c1cc(C(CCC2CC2)n2ccc(=O)[nH]c2=O)ccc1F. The average molecular weight is 465 g/mol. The summed E-state index contributed by atoms with van der Waals surface area (Å²) in [7, 11) is 0. The van der Waals surface area contributed by atoms with Crippen molar-refractivity contribution < 1.29 is 22.4 Å². The first-order valence-electron chi connectivity index (χ1n) is 10.1. The van der Waals surface area contributed by atoms with Crippen LogP contribution in [0.1, 0.15) is 53.5 Å². The number of halogens is 4. The van der Waals surface area contributed by atoms with E-state index < -0.39 is 52.3 Å². The Morgan fingerprint density at radius 2 is 1.94 bits per heavy atom. The van der Waals surface area contributed by atoms with Crippen LogP contribution in [0.25, 0.3) is 5.69 Å². The van der Waals surface area contributed by atoms with Crippen molar-refractivity contribution in [3.05, 3.63) is 80.1 Å². The molecule has 4 rings (SSSR count). The van der Waals surface area contributed by atoms with Crippen LogP contribution in [0.15, 0.2) is 46.1 Å². The van der Waals surface area contributed by atoms with E-state index in [0.717, 1.165) is 25.3 Å². The maximum atomic E-state index is 14.7. The van der Waals surface area contributed by atoms with Crippen molar-refractivity contribution >= 4 is 5.91 Å². The molecule has 1 saturated carbocycles. The van der Waals surface area contributed by atoms with E-state index >= 15 is 0 Å². The van der Waals surface area contributed by atoms with E-state index in [0.29, 0.717) is 28.7 Å². The van der Waals surface area contributed by atoms with Gasteiger partial charge in [0.05, 0.1) is 6.04 Å². The number of nitrogens with one attached hydrogen (secondary N) is 1. The monoisotopic (exact) mass is 465 g/mol.